The molecule has 0 fully saturated rings. The second-order valence-electron chi connectivity index (χ2n) is 1.71. The Balaban J connectivity index is 4.27. The van der Waals surface area contributed by atoms with Crippen molar-refractivity contribution in [2.75, 3.05) is 5.75 Å². The van der Waals surface area contributed by atoms with Crippen molar-refractivity contribution in [2.24, 2.45) is 5.73 Å². The molecule has 0 aromatic carbocycles. The highest BCUT2D eigenvalue weighted by Crippen LogP contribution is 2.03. The first-order valence-corrected chi connectivity index (χ1v) is 2.97. The molecule has 0 aliphatic heterocycles. The van der Waals surface area contributed by atoms with Gasteiger partial charge in [0.15, 0.2) is 0 Å². The Hall–Kier alpha value is -0.480. The SMILES string of the molecule is C=CC(N)(CS)C(=O)O. The quantitative estimate of drug-likeness (QED) is 0.385. The van der Waals surface area contributed by atoms with Gasteiger partial charge in [0.2, 0.25) is 0 Å². The maximum absolute atomic E-state index is 10.2. The third-order valence-electron chi connectivity index (χ3n) is 1.02. The molecule has 4 heteroatoms. The fraction of sp³-hybridized carbons (Fsp3) is 0.400. The zero-order chi connectivity index (χ0) is 7.49. The van der Waals surface area contributed by atoms with Gasteiger partial charge in [0.25, 0.3) is 0 Å². The first-order chi connectivity index (χ1) is 4.06. The van der Waals surface area contributed by atoms with E-state index >= 15 is 0 Å². The molecule has 0 spiro atoms. The van der Waals surface area contributed by atoms with Gasteiger partial charge in [-0.15, -0.1) is 6.58 Å². The summed E-state index contributed by atoms with van der Waals surface area (Å²) in [6, 6.07) is 0. The van der Waals surface area contributed by atoms with Crippen LogP contribution in [0.4, 0.5) is 0 Å². The Morgan fingerprint density at radius 3 is 2.44 bits per heavy atom. The first-order valence-electron chi connectivity index (χ1n) is 2.33. The minimum atomic E-state index is -1.37. The van der Waals surface area contributed by atoms with Crippen LogP contribution in [-0.2, 0) is 4.79 Å². The second kappa shape index (κ2) is 2.89. The maximum Gasteiger partial charge on any atom is 0.328 e. The Labute approximate surface area is 59.0 Å². The number of carboxylic acids is 1. The van der Waals surface area contributed by atoms with Gasteiger partial charge in [-0.05, 0) is 0 Å². The van der Waals surface area contributed by atoms with Gasteiger partial charge >= 0.3 is 5.97 Å². The largest absolute Gasteiger partial charge is 0.480 e. The molecule has 9 heavy (non-hydrogen) atoms. The summed E-state index contributed by atoms with van der Waals surface area (Å²) in [5.41, 5.74) is 3.87. The molecule has 0 rings (SSSR count). The minimum absolute atomic E-state index is 0.0613. The molecule has 1 unspecified atom stereocenters. The lowest BCUT2D eigenvalue weighted by Crippen LogP contribution is -2.47. The Morgan fingerprint density at radius 2 is 2.44 bits per heavy atom. The van der Waals surface area contributed by atoms with Gasteiger partial charge < -0.3 is 10.8 Å². The number of nitrogens with two attached hydrogens (primary N) is 1. The van der Waals surface area contributed by atoms with Gasteiger partial charge in [0.05, 0.1) is 0 Å². The van der Waals surface area contributed by atoms with E-state index in [1.165, 1.54) is 6.08 Å². The first kappa shape index (κ1) is 8.52. The summed E-state index contributed by atoms with van der Waals surface area (Å²) in [5.74, 6) is -1.04. The minimum Gasteiger partial charge on any atom is -0.480 e. The molecule has 0 saturated heterocycles. The molecule has 0 aromatic rings. The van der Waals surface area contributed by atoms with Crippen LogP contribution in [0.15, 0.2) is 12.7 Å². The van der Waals surface area contributed by atoms with Crippen molar-refractivity contribution in [3.63, 3.8) is 0 Å². The molecule has 3 N–H and O–H groups in total. The number of rotatable bonds is 3. The fourth-order valence-electron chi connectivity index (χ4n) is 0.219. The van der Waals surface area contributed by atoms with E-state index in [0.29, 0.717) is 0 Å². The zero-order valence-electron chi connectivity index (χ0n) is 4.87. The Bertz CT molecular complexity index is 137. The third-order valence-corrected chi connectivity index (χ3v) is 1.55. The normalized spacial score (nSPS) is 16.2. The number of carbonyl (C=O) groups is 1. The fourth-order valence-corrected chi connectivity index (χ4v) is 0.484. The average Bonchev–Trinajstić information content (AvgIpc) is 1.86. The van der Waals surface area contributed by atoms with E-state index < -0.39 is 11.5 Å². The molecule has 0 aliphatic carbocycles. The number of hydrogen-bond acceptors (Lipinski definition) is 3. The van der Waals surface area contributed by atoms with Gasteiger partial charge in [0.1, 0.15) is 5.54 Å². The molecule has 52 valence electrons. The van der Waals surface area contributed by atoms with Crippen molar-refractivity contribution in [1.82, 2.24) is 0 Å². The number of aliphatic carboxylic acids is 1. The maximum atomic E-state index is 10.2. The van der Waals surface area contributed by atoms with Crippen molar-refractivity contribution < 1.29 is 9.90 Å². The highest BCUT2D eigenvalue weighted by Gasteiger charge is 2.27. The van der Waals surface area contributed by atoms with E-state index in [4.69, 9.17) is 10.8 Å². The van der Waals surface area contributed by atoms with Crippen molar-refractivity contribution in [2.45, 2.75) is 5.54 Å². The van der Waals surface area contributed by atoms with Crippen LogP contribution < -0.4 is 5.73 Å². The lowest BCUT2D eigenvalue weighted by molar-refractivity contribution is -0.140. The summed E-state index contributed by atoms with van der Waals surface area (Å²) in [4.78, 5) is 10.2. The van der Waals surface area contributed by atoms with Crippen LogP contribution in [0, 0.1) is 0 Å². The number of thiol groups is 1. The highest BCUT2D eigenvalue weighted by atomic mass is 32.1. The summed E-state index contributed by atoms with van der Waals surface area (Å²) in [5, 5.41) is 8.39. The third kappa shape index (κ3) is 1.73. The predicted molar refractivity (Wildman–Crippen MR) is 38.6 cm³/mol. The summed E-state index contributed by atoms with van der Waals surface area (Å²) >= 11 is 3.74. The van der Waals surface area contributed by atoms with E-state index in [0.717, 1.165) is 0 Å². The van der Waals surface area contributed by atoms with Crippen LogP contribution in [0.25, 0.3) is 0 Å². The van der Waals surface area contributed by atoms with Crippen LogP contribution in [0.2, 0.25) is 0 Å². The molecule has 1 atom stereocenters. The molecule has 3 nitrogen and oxygen atoms in total. The van der Waals surface area contributed by atoms with Crippen LogP contribution >= 0.6 is 12.6 Å². The lowest BCUT2D eigenvalue weighted by Gasteiger charge is -2.15. The molecule has 0 radical (unpaired) electrons. The van der Waals surface area contributed by atoms with Crippen LogP contribution in [-0.4, -0.2) is 22.4 Å². The summed E-state index contributed by atoms with van der Waals surface area (Å²) < 4.78 is 0. The second-order valence-corrected chi connectivity index (χ2v) is 2.02. The number of hydrogen-bond donors (Lipinski definition) is 3. The van der Waals surface area contributed by atoms with Crippen LogP contribution in [0.5, 0.6) is 0 Å². The van der Waals surface area contributed by atoms with Crippen LogP contribution in [0.3, 0.4) is 0 Å². The summed E-state index contributed by atoms with van der Waals surface area (Å²) in [6.45, 7) is 3.27. The Morgan fingerprint density at radius 1 is 2.00 bits per heavy atom. The molecule has 0 amide bonds. The zero-order valence-corrected chi connectivity index (χ0v) is 5.77. The van der Waals surface area contributed by atoms with E-state index in [1.54, 1.807) is 0 Å². The monoisotopic (exact) mass is 147 g/mol. The van der Waals surface area contributed by atoms with Crippen molar-refractivity contribution in [3.8, 4) is 0 Å². The standard InChI is InChI=1S/C5H9NO2S/c1-2-5(6,3-9)4(7)8/h2,9H,1,3,6H2,(H,7,8). The molecule has 0 bridgehead atoms. The van der Waals surface area contributed by atoms with E-state index in [-0.39, 0.29) is 5.75 Å². The van der Waals surface area contributed by atoms with E-state index in [2.05, 4.69) is 19.2 Å². The van der Waals surface area contributed by atoms with Gasteiger partial charge in [-0.25, -0.2) is 4.79 Å². The van der Waals surface area contributed by atoms with E-state index in [9.17, 15) is 4.79 Å². The predicted octanol–water partition coefficient (Wildman–Crippen LogP) is -0.116. The summed E-state index contributed by atoms with van der Waals surface area (Å²) in [7, 11) is 0. The van der Waals surface area contributed by atoms with Gasteiger partial charge in [-0.3, -0.25) is 0 Å². The van der Waals surface area contributed by atoms with Crippen LogP contribution in [0.1, 0.15) is 0 Å². The molecule has 0 aliphatic rings. The van der Waals surface area contributed by atoms with Gasteiger partial charge in [-0.2, -0.15) is 12.6 Å². The van der Waals surface area contributed by atoms with Gasteiger partial charge in [0, 0.05) is 5.75 Å². The smallest absolute Gasteiger partial charge is 0.328 e. The molecular formula is C5H9NO2S. The van der Waals surface area contributed by atoms with Crippen molar-refractivity contribution in [3.05, 3.63) is 12.7 Å². The van der Waals surface area contributed by atoms with E-state index in [1.807, 2.05) is 0 Å². The highest BCUT2D eigenvalue weighted by molar-refractivity contribution is 7.80. The molecule has 0 saturated carbocycles. The van der Waals surface area contributed by atoms with Crippen molar-refractivity contribution in [1.29, 1.82) is 0 Å². The van der Waals surface area contributed by atoms with Crippen molar-refractivity contribution >= 4 is 18.6 Å². The lowest BCUT2D eigenvalue weighted by atomic mass is 10.1. The number of carboxylic acid groups (broad SMARTS) is 1. The average molecular weight is 147 g/mol. The molecule has 0 aromatic heterocycles. The topological polar surface area (TPSA) is 63.3 Å². The van der Waals surface area contributed by atoms with Gasteiger partial charge in [-0.1, -0.05) is 6.08 Å². The molecule has 0 heterocycles. The molecular weight excluding hydrogens is 138 g/mol. The Kier molecular flexibility index (Phi) is 2.73. The summed E-state index contributed by atoms with van der Waals surface area (Å²) in [6.07, 6.45) is 1.17.